The lowest BCUT2D eigenvalue weighted by Gasteiger charge is -2.50. The average molecular weight is 480 g/mol. The zero-order valence-corrected chi connectivity index (χ0v) is 21.5. The van der Waals surface area contributed by atoms with Crippen LogP contribution >= 0.6 is 0 Å². The molecule has 0 aliphatic carbocycles. The van der Waals surface area contributed by atoms with E-state index < -0.39 is 5.97 Å². The fourth-order valence-corrected chi connectivity index (χ4v) is 5.41. The van der Waals surface area contributed by atoms with E-state index in [-0.39, 0.29) is 17.6 Å². The van der Waals surface area contributed by atoms with E-state index >= 15 is 0 Å². The van der Waals surface area contributed by atoms with Gasteiger partial charge >= 0.3 is 5.97 Å². The van der Waals surface area contributed by atoms with E-state index in [2.05, 4.69) is 33.6 Å². The summed E-state index contributed by atoms with van der Waals surface area (Å²) >= 11 is 0. The number of benzene rings is 1. The van der Waals surface area contributed by atoms with Crippen molar-refractivity contribution < 1.29 is 14.3 Å². The highest BCUT2D eigenvalue weighted by atomic mass is 16.5. The van der Waals surface area contributed by atoms with Crippen LogP contribution in [0.15, 0.2) is 30.5 Å². The largest absolute Gasteiger partial charge is 0.464 e. The highest BCUT2D eigenvalue weighted by Crippen LogP contribution is 2.29. The second-order valence-corrected chi connectivity index (χ2v) is 9.81. The minimum Gasteiger partial charge on any atom is -0.464 e. The number of hydrogen-bond acceptors (Lipinski definition) is 7. The SMILES string of the molecule is CC[C@H]1CN(c2ncc(C(=O)OC)nc2C)[C@H](C)CN1C1CCN(C(=O)c2ccc(C)cc2)CC1. The van der Waals surface area contributed by atoms with Crippen molar-refractivity contribution in [3.63, 3.8) is 0 Å². The van der Waals surface area contributed by atoms with Gasteiger partial charge in [-0.2, -0.15) is 0 Å². The number of likely N-dealkylation sites (tertiary alicyclic amines) is 1. The molecule has 8 heteroatoms. The van der Waals surface area contributed by atoms with E-state index in [4.69, 9.17) is 4.74 Å². The number of methoxy groups -OCH3 is 1. The summed E-state index contributed by atoms with van der Waals surface area (Å²) in [5.74, 6) is 0.503. The Bertz CT molecular complexity index is 1050. The van der Waals surface area contributed by atoms with Crippen molar-refractivity contribution >= 4 is 17.7 Å². The van der Waals surface area contributed by atoms with Crippen LogP contribution in [0.1, 0.15) is 65.2 Å². The Balaban J connectivity index is 1.41. The van der Waals surface area contributed by atoms with Crippen LogP contribution in [0.2, 0.25) is 0 Å². The van der Waals surface area contributed by atoms with E-state index in [0.29, 0.717) is 12.1 Å². The van der Waals surface area contributed by atoms with Gasteiger partial charge in [0.2, 0.25) is 0 Å². The van der Waals surface area contributed by atoms with Gasteiger partial charge in [-0.05, 0) is 52.2 Å². The molecule has 35 heavy (non-hydrogen) atoms. The van der Waals surface area contributed by atoms with Gasteiger partial charge in [-0.3, -0.25) is 9.69 Å². The van der Waals surface area contributed by atoms with E-state index in [1.54, 1.807) is 0 Å². The number of aromatic nitrogens is 2. The standard InChI is InChI=1S/C27H37N5O3/c1-6-22-17-31(25-20(4)29-24(15-28-25)27(34)35-5)19(3)16-32(22)23-11-13-30(14-12-23)26(33)21-9-7-18(2)8-10-21/h7-10,15,19,22-23H,6,11-14,16-17H2,1-5H3/t19-,22+/m1/s1. The Morgan fingerprint density at radius 3 is 2.37 bits per heavy atom. The molecular weight excluding hydrogens is 442 g/mol. The monoisotopic (exact) mass is 479 g/mol. The number of piperidine rings is 1. The van der Waals surface area contributed by atoms with E-state index in [1.807, 2.05) is 43.0 Å². The van der Waals surface area contributed by atoms with Crippen molar-refractivity contribution in [2.45, 2.75) is 65.1 Å². The Labute approximate surface area is 208 Å². The Morgan fingerprint density at radius 1 is 1.09 bits per heavy atom. The van der Waals surface area contributed by atoms with Gasteiger partial charge < -0.3 is 14.5 Å². The molecule has 2 atom stereocenters. The van der Waals surface area contributed by atoms with Gasteiger partial charge in [-0.1, -0.05) is 24.6 Å². The Morgan fingerprint density at radius 2 is 1.77 bits per heavy atom. The molecule has 1 aromatic heterocycles. The van der Waals surface area contributed by atoms with Crippen molar-refractivity contribution in [1.29, 1.82) is 0 Å². The molecular formula is C27H37N5O3. The number of amides is 1. The lowest BCUT2D eigenvalue weighted by molar-refractivity contribution is 0.0434. The van der Waals surface area contributed by atoms with Gasteiger partial charge in [0, 0.05) is 49.9 Å². The molecule has 188 valence electrons. The minimum absolute atomic E-state index is 0.137. The van der Waals surface area contributed by atoms with Crippen LogP contribution in [0.3, 0.4) is 0 Å². The molecule has 4 rings (SSSR count). The maximum atomic E-state index is 12.9. The maximum absolute atomic E-state index is 12.9. The third kappa shape index (κ3) is 5.32. The maximum Gasteiger partial charge on any atom is 0.358 e. The first kappa shape index (κ1) is 25.1. The Hall–Kier alpha value is -3.00. The molecule has 1 aromatic carbocycles. The molecule has 0 saturated carbocycles. The van der Waals surface area contributed by atoms with Crippen LogP contribution in [0.4, 0.5) is 5.82 Å². The summed E-state index contributed by atoms with van der Waals surface area (Å²) in [5.41, 5.74) is 2.92. The number of ether oxygens (including phenoxy) is 1. The van der Waals surface area contributed by atoms with E-state index in [0.717, 1.165) is 62.5 Å². The van der Waals surface area contributed by atoms with Crippen LogP contribution in [0.25, 0.3) is 0 Å². The predicted molar refractivity (Wildman–Crippen MR) is 136 cm³/mol. The lowest BCUT2D eigenvalue weighted by atomic mass is 9.95. The fraction of sp³-hybridized carbons (Fsp3) is 0.556. The van der Waals surface area contributed by atoms with Crippen molar-refractivity contribution in [1.82, 2.24) is 19.8 Å². The second-order valence-electron chi connectivity index (χ2n) is 9.81. The summed E-state index contributed by atoms with van der Waals surface area (Å²) in [7, 11) is 1.35. The molecule has 3 heterocycles. The summed E-state index contributed by atoms with van der Waals surface area (Å²) in [6.45, 7) is 11.8. The van der Waals surface area contributed by atoms with E-state index in [9.17, 15) is 9.59 Å². The van der Waals surface area contributed by atoms with Gasteiger partial charge in [0.1, 0.15) is 5.82 Å². The summed E-state index contributed by atoms with van der Waals surface area (Å²) in [4.78, 5) is 40.8. The van der Waals surface area contributed by atoms with Gasteiger partial charge in [-0.15, -0.1) is 0 Å². The first-order chi connectivity index (χ1) is 16.8. The van der Waals surface area contributed by atoms with Crippen molar-refractivity contribution in [3.05, 3.63) is 53.0 Å². The highest BCUT2D eigenvalue weighted by molar-refractivity contribution is 5.94. The van der Waals surface area contributed by atoms with Crippen LogP contribution < -0.4 is 4.90 Å². The zero-order valence-electron chi connectivity index (χ0n) is 21.5. The van der Waals surface area contributed by atoms with E-state index in [1.165, 1.54) is 18.9 Å². The number of nitrogens with zero attached hydrogens (tertiary/aromatic N) is 5. The third-order valence-corrected chi connectivity index (χ3v) is 7.46. The summed E-state index contributed by atoms with van der Waals surface area (Å²) in [6, 6.07) is 9.00. The van der Waals surface area contributed by atoms with Crippen LogP contribution in [0, 0.1) is 13.8 Å². The molecule has 2 aliphatic rings. The number of hydrogen-bond donors (Lipinski definition) is 0. The third-order valence-electron chi connectivity index (χ3n) is 7.46. The second kappa shape index (κ2) is 10.7. The summed E-state index contributed by atoms with van der Waals surface area (Å²) < 4.78 is 4.78. The van der Waals surface area contributed by atoms with Crippen molar-refractivity contribution in [3.8, 4) is 0 Å². The molecule has 0 bridgehead atoms. The molecule has 2 saturated heterocycles. The van der Waals surface area contributed by atoms with Gasteiger partial charge in [0.25, 0.3) is 5.91 Å². The predicted octanol–water partition coefficient (Wildman–Crippen LogP) is 3.47. The number of anilines is 1. The average Bonchev–Trinajstić information content (AvgIpc) is 2.88. The smallest absolute Gasteiger partial charge is 0.358 e. The Kier molecular flexibility index (Phi) is 7.69. The van der Waals surface area contributed by atoms with Gasteiger partial charge in [-0.25, -0.2) is 14.8 Å². The molecule has 2 aromatic rings. The molecule has 0 radical (unpaired) electrons. The first-order valence-electron chi connectivity index (χ1n) is 12.6. The van der Waals surface area contributed by atoms with Gasteiger partial charge in [0.05, 0.1) is 19.0 Å². The number of aryl methyl sites for hydroxylation is 2. The first-order valence-corrected chi connectivity index (χ1v) is 12.6. The summed E-state index contributed by atoms with van der Waals surface area (Å²) in [6.07, 6.45) is 4.54. The summed E-state index contributed by atoms with van der Waals surface area (Å²) in [5, 5.41) is 0. The van der Waals surface area contributed by atoms with Crippen molar-refractivity contribution in [2.24, 2.45) is 0 Å². The number of esters is 1. The molecule has 2 aliphatic heterocycles. The number of carbonyl (C=O) groups is 2. The molecule has 0 unspecified atom stereocenters. The zero-order chi connectivity index (χ0) is 25.1. The number of piperazine rings is 1. The molecule has 0 spiro atoms. The molecule has 0 N–H and O–H groups in total. The number of carbonyl (C=O) groups excluding carboxylic acids is 2. The quantitative estimate of drug-likeness (QED) is 0.608. The minimum atomic E-state index is -0.469. The van der Waals surface area contributed by atoms with Crippen LogP contribution in [-0.4, -0.2) is 83.1 Å². The fourth-order valence-electron chi connectivity index (χ4n) is 5.41. The normalized spacial score (nSPS) is 21.7. The van der Waals surface area contributed by atoms with Crippen LogP contribution in [-0.2, 0) is 4.74 Å². The lowest BCUT2D eigenvalue weighted by Crippen LogP contribution is -2.62. The highest BCUT2D eigenvalue weighted by Gasteiger charge is 2.37. The molecule has 1 amide bonds. The van der Waals surface area contributed by atoms with Crippen molar-refractivity contribution in [2.75, 3.05) is 38.2 Å². The van der Waals surface area contributed by atoms with Gasteiger partial charge in [0.15, 0.2) is 5.69 Å². The molecule has 8 nitrogen and oxygen atoms in total. The number of rotatable bonds is 5. The molecule has 2 fully saturated rings. The van der Waals surface area contributed by atoms with Crippen LogP contribution in [0.5, 0.6) is 0 Å². The topological polar surface area (TPSA) is 78.9 Å².